The van der Waals surface area contributed by atoms with E-state index >= 15 is 0 Å². The van der Waals surface area contributed by atoms with Gasteiger partial charge in [-0.1, -0.05) is 12.1 Å². The number of hydrogen-bond acceptors (Lipinski definition) is 3. The van der Waals surface area contributed by atoms with Gasteiger partial charge in [-0.05, 0) is 37.3 Å². The van der Waals surface area contributed by atoms with Crippen LogP contribution in [0, 0.1) is 5.82 Å². The second kappa shape index (κ2) is 7.22. The van der Waals surface area contributed by atoms with Crippen LogP contribution >= 0.6 is 0 Å². The molecule has 0 saturated heterocycles. The highest BCUT2D eigenvalue weighted by Crippen LogP contribution is 2.20. The molecule has 7 nitrogen and oxygen atoms in total. The molecule has 1 aromatic heterocycles. The molecule has 134 valence electrons. The van der Waals surface area contributed by atoms with Crippen LogP contribution in [0.5, 0.6) is 0 Å². The maximum atomic E-state index is 13.9. The normalized spacial score (nSPS) is 11.8. The Morgan fingerprint density at radius 2 is 1.92 bits per heavy atom. The molecule has 8 heteroatoms. The number of nitrogens with zero attached hydrogens (tertiary/aromatic N) is 1. The number of amides is 3. The third kappa shape index (κ3) is 3.97. The number of fused-ring (bicyclic) bond motifs is 1. The number of carbonyl (C=O) groups excluding carboxylic acids is 2. The first-order chi connectivity index (χ1) is 12.4. The summed E-state index contributed by atoms with van der Waals surface area (Å²) in [6.45, 7) is 3.11. The molecule has 3 amide bonds. The zero-order valence-electron chi connectivity index (χ0n) is 14.3. The van der Waals surface area contributed by atoms with Gasteiger partial charge in [-0.15, -0.1) is 0 Å². The van der Waals surface area contributed by atoms with Crippen molar-refractivity contribution in [3.63, 3.8) is 0 Å². The smallest absolute Gasteiger partial charge is 0.319 e. The number of anilines is 2. The topological polar surface area (TPSA) is 98.9 Å². The monoisotopic (exact) mass is 355 g/mol. The number of nitrogens with one attached hydrogen (secondary N) is 4. The van der Waals surface area contributed by atoms with Crippen molar-refractivity contribution < 1.29 is 14.0 Å². The van der Waals surface area contributed by atoms with Crippen LogP contribution in [0.1, 0.15) is 25.7 Å². The molecule has 0 fully saturated rings. The van der Waals surface area contributed by atoms with Gasteiger partial charge in [0.25, 0.3) is 0 Å². The van der Waals surface area contributed by atoms with E-state index in [-0.39, 0.29) is 11.6 Å². The number of halogens is 1. The fourth-order valence-corrected chi connectivity index (χ4v) is 2.50. The third-order valence-electron chi connectivity index (χ3n) is 3.70. The maximum absolute atomic E-state index is 13.9. The third-order valence-corrected chi connectivity index (χ3v) is 3.70. The molecule has 4 N–H and O–H groups in total. The SMILES string of the molecule is CC(=O)Nc1ccc(F)c(NC(=O)NC(C)c2nc3ccccc3[nH]2)c1. The molecular weight excluding hydrogens is 337 g/mol. The molecule has 0 aliphatic carbocycles. The number of carbonyl (C=O) groups is 2. The lowest BCUT2D eigenvalue weighted by Crippen LogP contribution is -2.32. The molecule has 0 spiro atoms. The first kappa shape index (κ1) is 17.4. The van der Waals surface area contributed by atoms with Gasteiger partial charge in [-0.25, -0.2) is 14.2 Å². The molecule has 1 atom stereocenters. The first-order valence-electron chi connectivity index (χ1n) is 8.01. The molecule has 1 heterocycles. The number of H-pyrrole nitrogens is 1. The Morgan fingerprint density at radius 1 is 1.15 bits per heavy atom. The van der Waals surface area contributed by atoms with Crippen LogP contribution in [0.15, 0.2) is 42.5 Å². The maximum Gasteiger partial charge on any atom is 0.319 e. The van der Waals surface area contributed by atoms with Gasteiger partial charge in [0.1, 0.15) is 11.6 Å². The van der Waals surface area contributed by atoms with Crippen LogP contribution in [0.25, 0.3) is 11.0 Å². The highest BCUT2D eigenvalue weighted by molar-refractivity contribution is 5.92. The van der Waals surface area contributed by atoms with E-state index in [4.69, 9.17) is 0 Å². The molecule has 0 aliphatic rings. The van der Waals surface area contributed by atoms with E-state index in [1.54, 1.807) is 6.92 Å². The molecular formula is C18H18FN5O2. The minimum Gasteiger partial charge on any atom is -0.340 e. The van der Waals surface area contributed by atoms with E-state index in [9.17, 15) is 14.0 Å². The molecule has 0 aliphatic heterocycles. The van der Waals surface area contributed by atoms with Gasteiger partial charge in [0.15, 0.2) is 0 Å². The Labute approximate surface area is 149 Å². The summed E-state index contributed by atoms with van der Waals surface area (Å²) in [4.78, 5) is 30.8. The molecule has 0 saturated carbocycles. The van der Waals surface area contributed by atoms with Crippen molar-refractivity contribution in [1.29, 1.82) is 0 Å². The lowest BCUT2D eigenvalue weighted by molar-refractivity contribution is -0.114. The number of aromatic amines is 1. The second-order valence-corrected chi connectivity index (χ2v) is 5.84. The van der Waals surface area contributed by atoms with Gasteiger partial charge in [-0.2, -0.15) is 0 Å². The highest BCUT2D eigenvalue weighted by atomic mass is 19.1. The van der Waals surface area contributed by atoms with E-state index in [1.165, 1.54) is 25.1 Å². The Morgan fingerprint density at radius 3 is 2.65 bits per heavy atom. The van der Waals surface area contributed by atoms with Crippen LogP contribution in [-0.4, -0.2) is 21.9 Å². The summed E-state index contributed by atoms with van der Waals surface area (Å²) in [6, 6.07) is 10.5. The number of benzene rings is 2. The summed E-state index contributed by atoms with van der Waals surface area (Å²) in [6.07, 6.45) is 0. The fraction of sp³-hybridized carbons (Fsp3) is 0.167. The van der Waals surface area contributed by atoms with Crippen molar-refractivity contribution in [3.05, 3.63) is 54.1 Å². The predicted octanol–water partition coefficient (Wildman–Crippen LogP) is 3.54. The summed E-state index contributed by atoms with van der Waals surface area (Å²) in [5.41, 5.74) is 2.02. The number of imidazole rings is 1. The Balaban J connectivity index is 1.69. The van der Waals surface area contributed by atoms with Gasteiger partial charge in [0.2, 0.25) is 5.91 Å². The fourth-order valence-electron chi connectivity index (χ4n) is 2.50. The predicted molar refractivity (Wildman–Crippen MR) is 97.4 cm³/mol. The van der Waals surface area contributed by atoms with Crippen LogP contribution in [0.3, 0.4) is 0 Å². The lowest BCUT2D eigenvalue weighted by atomic mass is 10.2. The van der Waals surface area contributed by atoms with Crippen LogP contribution in [0.4, 0.5) is 20.6 Å². The molecule has 26 heavy (non-hydrogen) atoms. The summed E-state index contributed by atoms with van der Waals surface area (Å²) >= 11 is 0. The van der Waals surface area contributed by atoms with Crippen molar-refractivity contribution >= 4 is 34.3 Å². The number of rotatable bonds is 4. The summed E-state index contributed by atoms with van der Waals surface area (Å²) in [5.74, 6) is -0.301. The summed E-state index contributed by atoms with van der Waals surface area (Å²) in [7, 11) is 0. The van der Waals surface area contributed by atoms with E-state index in [1.807, 2.05) is 24.3 Å². The zero-order chi connectivity index (χ0) is 18.7. The molecule has 3 aromatic rings. The van der Waals surface area contributed by atoms with E-state index in [0.29, 0.717) is 11.5 Å². The number of aromatic nitrogens is 2. The molecule has 3 rings (SSSR count). The zero-order valence-corrected chi connectivity index (χ0v) is 14.3. The molecule has 2 aromatic carbocycles. The largest absolute Gasteiger partial charge is 0.340 e. The summed E-state index contributed by atoms with van der Waals surface area (Å²) in [5, 5.41) is 7.67. The number of hydrogen-bond donors (Lipinski definition) is 4. The minimum atomic E-state index is -0.606. The van der Waals surface area contributed by atoms with Crippen LogP contribution in [-0.2, 0) is 4.79 Å². The summed E-state index contributed by atoms with van der Waals surface area (Å²) < 4.78 is 13.9. The lowest BCUT2D eigenvalue weighted by Gasteiger charge is -2.14. The highest BCUT2D eigenvalue weighted by Gasteiger charge is 2.15. The Hall–Kier alpha value is -3.42. The Bertz CT molecular complexity index is 936. The first-order valence-corrected chi connectivity index (χ1v) is 8.01. The molecule has 0 bridgehead atoms. The van der Waals surface area contributed by atoms with Gasteiger partial charge >= 0.3 is 6.03 Å². The standard InChI is InChI=1S/C18H18FN5O2/c1-10(17-22-14-5-3-4-6-15(14)23-17)20-18(26)24-16-9-12(21-11(2)25)7-8-13(16)19/h3-10H,1-2H3,(H,21,25)(H,22,23)(H2,20,24,26). The van der Waals surface area contributed by atoms with Gasteiger partial charge in [0.05, 0.1) is 22.8 Å². The molecule has 0 radical (unpaired) electrons. The van der Waals surface area contributed by atoms with Crippen molar-refractivity contribution in [1.82, 2.24) is 15.3 Å². The van der Waals surface area contributed by atoms with Crippen LogP contribution in [0.2, 0.25) is 0 Å². The van der Waals surface area contributed by atoms with E-state index < -0.39 is 17.9 Å². The average molecular weight is 355 g/mol. The van der Waals surface area contributed by atoms with Gasteiger partial charge in [-0.3, -0.25) is 4.79 Å². The second-order valence-electron chi connectivity index (χ2n) is 5.84. The van der Waals surface area contributed by atoms with Gasteiger partial charge in [0, 0.05) is 12.6 Å². The number of urea groups is 1. The van der Waals surface area contributed by atoms with Crippen molar-refractivity contribution in [2.24, 2.45) is 0 Å². The number of para-hydroxylation sites is 2. The average Bonchev–Trinajstić information content (AvgIpc) is 3.01. The van der Waals surface area contributed by atoms with Gasteiger partial charge < -0.3 is 20.9 Å². The molecule has 1 unspecified atom stereocenters. The van der Waals surface area contributed by atoms with Crippen molar-refractivity contribution in [2.45, 2.75) is 19.9 Å². The minimum absolute atomic E-state index is 0.0365. The quantitative estimate of drug-likeness (QED) is 0.576. The van der Waals surface area contributed by atoms with Crippen LogP contribution < -0.4 is 16.0 Å². The van der Waals surface area contributed by atoms with E-state index in [2.05, 4.69) is 25.9 Å². The Kier molecular flexibility index (Phi) is 4.83. The van der Waals surface area contributed by atoms with Crippen molar-refractivity contribution in [3.8, 4) is 0 Å². The van der Waals surface area contributed by atoms with Crippen molar-refractivity contribution in [2.75, 3.05) is 10.6 Å². The van der Waals surface area contributed by atoms with E-state index in [0.717, 1.165) is 11.0 Å².